The van der Waals surface area contributed by atoms with E-state index in [2.05, 4.69) is 23.7 Å². The number of carbonyl (C=O) groups is 1. The molecule has 174 valence electrons. The Morgan fingerprint density at radius 3 is 2.55 bits per heavy atom. The van der Waals surface area contributed by atoms with Gasteiger partial charge in [0, 0.05) is 49.7 Å². The van der Waals surface area contributed by atoms with Gasteiger partial charge >= 0.3 is 0 Å². The van der Waals surface area contributed by atoms with E-state index in [0.29, 0.717) is 31.7 Å². The summed E-state index contributed by atoms with van der Waals surface area (Å²) < 4.78 is 20.8. The predicted octanol–water partition coefficient (Wildman–Crippen LogP) is 3.87. The van der Waals surface area contributed by atoms with Crippen LogP contribution in [0.2, 0.25) is 0 Å². The standard InChI is InChI=1S/C25H30FN5O2/c1-17(2)23-15-22(19-5-6-21(26)18(3)13-19)28-31(23)16-25(32)30-11-9-29(10-12-30)24-14-20(33-4)7-8-27-24/h5-8,13-15,17H,9-12,16H2,1-4H3. The lowest BCUT2D eigenvalue weighted by atomic mass is 10.1. The van der Waals surface area contributed by atoms with Gasteiger partial charge in [0.25, 0.3) is 0 Å². The number of methoxy groups -OCH3 is 1. The van der Waals surface area contributed by atoms with Gasteiger partial charge in [-0.1, -0.05) is 13.8 Å². The zero-order valence-corrected chi connectivity index (χ0v) is 19.6. The summed E-state index contributed by atoms with van der Waals surface area (Å²) in [6.07, 6.45) is 1.73. The molecule has 1 amide bonds. The van der Waals surface area contributed by atoms with Crippen molar-refractivity contribution in [3.8, 4) is 17.0 Å². The van der Waals surface area contributed by atoms with E-state index in [1.165, 1.54) is 6.07 Å². The van der Waals surface area contributed by atoms with Crippen LogP contribution < -0.4 is 9.64 Å². The number of amides is 1. The van der Waals surface area contributed by atoms with Crippen LogP contribution in [-0.4, -0.2) is 58.9 Å². The van der Waals surface area contributed by atoms with Crippen molar-refractivity contribution in [3.05, 3.63) is 59.7 Å². The number of ether oxygens (including phenoxy) is 1. The fourth-order valence-corrected chi connectivity index (χ4v) is 4.08. The van der Waals surface area contributed by atoms with E-state index in [1.807, 2.05) is 23.1 Å². The molecule has 1 aromatic carbocycles. The largest absolute Gasteiger partial charge is 0.497 e. The van der Waals surface area contributed by atoms with Gasteiger partial charge in [0.15, 0.2) is 0 Å². The van der Waals surface area contributed by atoms with Gasteiger partial charge in [0.05, 0.1) is 12.8 Å². The van der Waals surface area contributed by atoms with Gasteiger partial charge in [0.1, 0.15) is 23.9 Å². The first-order valence-corrected chi connectivity index (χ1v) is 11.2. The molecular weight excluding hydrogens is 421 g/mol. The summed E-state index contributed by atoms with van der Waals surface area (Å²) in [5.41, 5.74) is 3.16. The number of rotatable bonds is 6. The average Bonchev–Trinajstić information content (AvgIpc) is 3.25. The van der Waals surface area contributed by atoms with Gasteiger partial charge in [-0.15, -0.1) is 0 Å². The van der Waals surface area contributed by atoms with Crippen LogP contribution in [0.5, 0.6) is 5.75 Å². The van der Waals surface area contributed by atoms with E-state index in [1.54, 1.807) is 37.0 Å². The van der Waals surface area contributed by atoms with Crippen LogP contribution in [0.25, 0.3) is 11.3 Å². The van der Waals surface area contributed by atoms with E-state index in [-0.39, 0.29) is 24.2 Å². The zero-order chi connectivity index (χ0) is 23.5. The highest BCUT2D eigenvalue weighted by Crippen LogP contribution is 2.26. The molecule has 0 atom stereocenters. The SMILES string of the molecule is COc1ccnc(N2CCN(C(=O)Cn3nc(-c4ccc(F)c(C)c4)cc3C(C)C)CC2)c1. The molecule has 2 aromatic heterocycles. The number of benzene rings is 1. The Bertz CT molecular complexity index is 1140. The number of aromatic nitrogens is 3. The zero-order valence-electron chi connectivity index (χ0n) is 19.6. The molecule has 0 N–H and O–H groups in total. The number of halogens is 1. The van der Waals surface area contributed by atoms with Gasteiger partial charge in [-0.3, -0.25) is 9.48 Å². The average molecular weight is 452 g/mol. The molecule has 0 bridgehead atoms. The maximum Gasteiger partial charge on any atom is 0.244 e. The van der Waals surface area contributed by atoms with Crippen molar-refractivity contribution >= 4 is 11.7 Å². The minimum absolute atomic E-state index is 0.0417. The molecule has 1 aliphatic heterocycles. The number of piperazine rings is 1. The van der Waals surface area contributed by atoms with Crippen LogP contribution in [0.3, 0.4) is 0 Å². The van der Waals surface area contributed by atoms with E-state index < -0.39 is 0 Å². The monoisotopic (exact) mass is 451 g/mol. The lowest BCUT2D eigenvalue weighted by Gasteiger charge is -2.35. The Labute approximate surface area is 193 Å². The van der Waals surface area contributed by atoms with Crippen molar-refractivity contribution < 1.29 is 13.9 Å². The third kappa shape index (κ3) is 4.99. The fraction of sp³-hybridized carbons (Fsp3) is 0.400. The molecule has 3 aromatic rings. The Balaban J connectivity index is 1.45. The van der Waals surface area contributed by atoms with Crippen molar-refractivity contribution in [3.63, 3.8) is 0 Å². The number of hydrogen-bond acceptors (Lipinski definition) is 5. The lowest BCUT2D eigenvalue weighted by molar-refractivity contribution is -0.132. The number of pyridine rings is 1. The van der Waals surface area contributed by atoms with Gasteiger partial charge in [-0.2, -0.15) is 5.10 Å². The van der Waals surface area contributed by atoms with Crippen LogP contribution in [0.15, 0.2) is 42.6 Å². The molecule has 0 unspecified atom stereocenters. The number of hydrogen-bond donors (Lipinski definition) is 0. The van der Waals surface area contributed by atoms with Gasteiger partial charge < -0.3 is 14.5 Å². The molecular formula is C25H30FN5O2. The second kappa shape index (κ2) is 9.60. The summed E-state index contributed by atoms with van der Waals surface area (Å²) in [7, 11) is 1.64. The first kappa shape index (κ1) is 22.8. The van der Waals surface area contributed by atoms with Crippen LogP contribution in [-0.2, 0) is 11.3 Å². The molecule has 4 rings (SSSR count). The Kier molecular flexibility index (Phi) is 6.62. The molecule has 7 nitrogen and oxygen atoms in total. The summed E-state index contributed by atoms with van der Waals surface area (Å²) in [6.45, 7) is 8.76. The highest BCUT2D eigenvalue weighted by Gasteiger charge is 2.24. The maximum atomic E-state index is 13.7. The summed E-state index contributed by atoms with van der Waals surface area (Å²) in [5, 5.41) is 4.70. The molecule has 1 aliphatic rings. The normalized spacial score (nSPS) is 14.1. The number of nitrogens with zero attached hydrogens (tertiary/aromatic N) is 5. The summed E-state index contributed by atoms with van der Waals surface area (Å²) in [4.78, 5) is 21.6. The summed E-state index contributed by atoms with van der Waals surface area (Å²) in [5.74, 6) is 1.64. The predicted molar refractivity (Wildman–Crippen MR) is 126 cm³/mol. The van der Waals surface area contributed by atoms with E-state index in [0.717, 1.165) is 28.5 Å². The van der Waals surface area contributed by atoms with Crippen molar-refractivity contribution in [2.75, 3.05) is 38.2 Å². The summed E-state index contributed by atoms with van der Waals surface area (Å²) >= 11 is 0. The molecule has 0 saturated carbocycles. The number of carbonyl (C=O) groups excluding carboxylic acids is 1. The first-order chi connectivity index (χ1) is 15.9. The Morgan fingerprint density at radius 2 is 1.88 bits per heavy atom. The lowest BCUT2D eigenvalue weighted by Crippen LogP contribution is -2.50. The van der Waals surface area contributed by atoms with Gasteiger partial charge in [0.2, 0.25) is 5.91 Å². The minimum Gasteiger partial charge on any atom is -0.497 e. The maximum absolute atomic E-state index is 13.7. The second-order valence-corrected chi connectivity index (χ2v) is 8.65. The first-order valence-electron chi connectivity index (χ1n) is 11.2. The van der Waals surface area contributed by atoms with Crippen molar-refractivity contribution in [2.45, 2.75) is 33.2 Å². The topological polar surface area (TPSA) is 63.5 Å². The third-order valence-corrected chi connectivity index (χ3v) is 6.05. The molecule has 1 fully saturated rings. The number of aryl methyl sites for hydroxylation is 1. The molecule has 33 heavy (non-hydrogen) atoms. The van der Waals surface area contributed by atoms with E-state index in [4.69, 9.17) is 9.84 Å². The van der Waals surface area contributed by atoms with Crippen molar-refractivity contribution in [2.24, 2.45) is 0 Å². The van der Waals surface area contributed by atoms with Crippen LogP contribution in [0, 0.1) is 12.7 Å². The van der Waals surface area contributed by atoms with E-state index >= 15 is 0 Å². The Hall–Kier alpha value is -3.42. The fourth-order valence-electron chi connectivity index (χ4n) is 4.08. The highest BCUT2D eigenvalue weighted by molar-refractivity contribution is 5.76. The number of anilines is 1. The minimum atomic E-state index is -0.235. The Morgan fingerprint density at radius 1 is 1.12 bits per heavy atom. The molecule has 0 radical (unpaired) electrons. The molecule has 8 heteroatoms. The van der Waals surface area contributed by atoms with Gasteiger partial charge in [-0.25, -0.2) is 9.37 Å². The highest BCUT2D eigenvalue weighted by atomic mass is 19.1. The molecule has 1 saturated heterocycles. The smallest absolute Gasteiger partial charge is 0.244 e. The molecule has 3 heterocycles. The van der Waals surface area contributed by atoms with Crippen molar-refractivity contribution in [1.29, 1.82) is 0 Å². The van der Waals surface area contributed by atoms with Crippen LogP contribution >= 0.6 is 0 Å². The summed E-state index contributed by atoms with van der Waals surface area (Å²) in [6, 6.07) is 10.7. The molecule has 0 spiro atoms. The van der Waals surface area contributed by atoms with E-state index in [9.17, 15) is 9.18 Å². The van der Waals surface area contributed by atoms with Crippen LogP contribution in [0.4, 0.5) is 10.2 Å². The van der Waals surface area contributed by atoms with Gasteiger partial charge in [-0.05, 0) is 48.7 Å². The third-order valence-electron chi connectivity index (χ3n) is 6.05. The van der Waals surface area contributed by atoms with Crippen LogP contribution in [0.1, 0.15) is 31.0 Å². The quantitative estimate of drug-likeness (QED) is 0.569. The molecule has 0 aliphatic carbocycles. The van der Waals surface area contributed by atoms with Crippen molar-refractivity contribution in [1.82, 2.24) is 19.7 Å². The second-order valence-electron chi connectivity index (χ2n) is 8.65.